The maximum absolute atomic E-state index is 11.8. The molecule has 1 unspecified atom stereocenters. The van der Waals surface area contributed by atoms with Crippen molar-refractivity contribution in [1.82, 2.24) is 5.32 Å². The first kappa shape index (κ1) is 14.8. The molecule has 0 heterocycles. The number of nitrogens with one attached hydrogen (secondary N) is 2. The Balaban J connectivity index is 2.04. The van der Waals surface area contributed by atoms with Crippen LogP contribution in [0, 0.1) is 23.0 Å². The summed E-state index contributed by atoms with van der Waals surface area (Å²) in [6.07, 6.45) is 1.54. The van der Waals surface area contributed by atoms with Crippen LogP contribution in [0.3, 0.4) is 0 Å². The van der Waals surface area contributed by atoms with E-state index in [0.29, 0.717) is 5.56 Å². The summed E-state index contributed by atoms with van der Waals surface area (Å²) in [5.41, 5.74) is 0.613. The number of amides is 2. The quantitative estimate of drug-likeness (QED) is 0.565. The Hall–Kier alpha value is -2.64. The second-order valence-corrected chi connectivity index (χ2v) is 5.01. The van der Waals surface area contributed by atoms with E-state index >= 15 is 0 Å². The van der Waals surface area contributed by atoms with E-state index in [9.17, 15) is 19.7 Å². The monoisotopic (exact) mass is 293 g/mol. The summed E-state index contributed by atoms with van der Waals surface area (Å²) < 4.78 is 0. The molecule has 0 bridgehead atoms. The highest BCUT2D eigenvalue weighted by Gasteiger charge is 2.37. The van der Waals surface area contributed by atoms with E-state index in [1.807, 2.05) is 0 Å². The molecule has 2 amide bonds. The predicted molar refractivity (Wildman–Crippen MR) is 74.1 cm³/mol. The van der Waals surface area contributed by atoms with Crippen molar-refractivity contribution in [2.45, 2.75) is 25.8 Å². The molecule has 8 nitrogen and oxygen atoms in total. The number of aryl methyl sites for hydroxylation is 1. The molecule has 1 aromatic rings. The molecular formula is C13H15N3O5. The van der Waals surface area contributed by atoms with Crippen molar-refractivity contribution in [1.29, 1.82) is 0 Å². The van der Waals surface area contributed by atoms with Gasteiger partial charge in [0.25, 0.3) is 5.69 Å². The minimum atomic E-state index is -1.08. The summed E-state index contributed by atoms with van der Waals surface area (Å²) in [5, 5.41) is 24.6. The lowest BCUT2D eigenvalue weighted by molar-refractivity contribution is -0.385. The number of rotatable bonds is 5. The maximum Gasteiger partial charge on any atom is 0.326 e. The third-order valence-electron chi connectivity index (χ3n) is 3.31. The summed E-state index contributed by atoms with van der Waals surface area (Å²) in [6, 6.07) is 2.66. The standard InChI is InChI=1S/C13H15N3O5/c1-7-2-5-9(6-10(7)16(20)21)14-13(19)15-11(12(17)18)8-3-4-8/h2,5-6,8,11H,3-4H2,1H3,(H,17,18)(H2,14,15,19). The number of nitrogens with zero attached hydrogens (tertiary/aromatic N) is 1. The van der Waals surface area contributed by atoms with Gasteiger partial charge in [-0.3, -0.25) is 10.1 Å². The lowest BCUT2D eigenvalue weighted by Gasteiger charge is -2.14. The number of carbonyl (C=O) groups excluding carboxylic acids is 1. The van der Waals surface area contributed by atoms with Crippen LogP contribution in [0.5, 0.6) is 0 Å². The van der Waals surface area contributed by atoms with Crippen molar-refractivity contribution in [3.05, 3.63) is 33.9 Å². The summed E-state index contributed by atoms with van der Waals surface area (Å²) >= 11 is 0. The molecule has 0 aromatic heterocycles. The van der Waals surface area contributed by atoms with E-state index in [1.54, 1.807) is 6.92 Å². The van der Waals surface area contributed by atoms with Gasteiger partial charge in [0.1, 0.15) is 6.04 Å². The first-order valence-electron chi connectivity index (χ1n) is 6.44. The molecule has 3 N–H and O–H groups in total. The fraction of sp³-hybridized carbons (Fsp3) is 0.385. The highest BCUT2D eigenvalue weighted by molar-refractivity contribution is 5.92. The Kier molecular flexibility index (Phi) is 4.06. The molecule has 1 atom stereocenters. The molecule has 112 valence electrons. The maximum atomic E-state index is 11.8. The van der Waals surface area contributed by atoms with Crippen LogP contribution in [0.25, 0.3) is 0 Å². The number of anilines is 1. The normalized spacial score (nSPS) is 15.1. The van der Waals surface area contributed by atoms with Gasteiger partial charge in [0.2, 0.25) is 0 Å². The molecule has 1 aliphatic rings. The van der Waals surface area contributed by atoms with Crippen molar-refractivity contribution in [3.8, 4) is 0 Å². The molecule has 0 spiro atoms. The van der Waals surface area contributed by atoms with E-state index < -0.39 is 23.0 Å². The highest BCUT2D eigenvalue weighted by Crippen LogP contribution is 2.32. The van der Waals surface area contributed by atoms with Crippen LogP contribution in [0.4, 0.5) is 16.2 Å². The number of benzene rings is 1. The van der Waals surface area contributed by atoms with Gasteiger partial charge in [0.05, 0.1) is 4.92 Å². The largest absolute Gasteiger partial charge is 0.480 e. The minimum absolute atomic E-state index is 0.0411. The second-order valence-electron chi connectivity index (χ2n) is 5.01. The molecular weight excluding hydrogens is 278 g/mol. The van der Waals surface area contributed by atoms with Gasteiger partial charge in [-0.05, 0) is 31.7 Å². The summed E-state index contributed by atoms with van der Waals surface area (Å²) in [6.45, 7) is 1.59. The van der Waals surface area contributed by atoms with Gasteiger partial charge in [-0.25, -0.2) is 9.59 Å². The van der Waals surface area contributed by atoms with Crippen molar-refractivity contribution in [2.24, 2.45) is 5.92 Å². The zero-order chi connectivity index (χ0) is 15.6. The molecule has 0 saturated heterocycles. The van der Waals surface area contributed by atoms with Crippen LogP contribution < -0.4 is 10.6 Å². The van der Waals surface area contributed by atoms with Gasteiger partial charge in [-0.15, -0.1) is 0 Å². The van der Waals surface area contributed by atoms with Gasteiger partial charge in [0, 0.05) is 17.3 Å². The molecule has 0 aliphatic heterocycles. The van der Waals surface area contributed by atoms with Crippen molar-refractivity contribution >= 4 is 23.4 Å². The van der Waals surface area contributed by atoms with Gasteiger partial charge < -0.3 is 15.7 Å². The fourth-order valence-electron chi connectivity index (χ4n) is 2.00. The molecule has 0 radical (unpaired) electrons. The van der Waals surface area contributed by atoms with E-state index in [-0.39, 0.29) is 17.3 Å². The number of hydrogen-bond acceptors (Lipinski definition) is 4. The molecule has 1 aliphatic carbocycles. The van der Waals surface area contributed by atoms with Crippen LogP contribution in [0.2, 0.25) is 0 Å². The predicted octanol–water partition coefficient (Wildman–Crippen LogP) is 1.89. The molecule has 1 fully saturated rings. The van der Waals surface area contributed by atoms with Crippen LogP contribution in [-0.4, -0.2) is 28.1 Å². The zero-order valence-corrected chi connectivity index (χ0v) is 11.3. The van der Waals surface area contributed by atoms with Gasteiger partial charge in [-0.1, -0.05) is 6.07 Å². The molecule has 21 heavy (non-hydrogen) atoms. The lowest BCUT2D eigenvalue weighted by atomic mass is 10.2. The number of aliphatic carboxylic acids is 1. The van der Waals surface area contributed by atoms with Crippen LogP contribution in [0.15, 0.2) is 18.2 Å². The lowest BCUT2D eigenvalue weighted by Crippen LogP contribution is -2.44. The number of nitro groups is 1. The van der Waals surface area contributed by atoms with Crippen LogP contribution in [-0.2, 0) is 4.79 Å². The Morgan fingerprint density at radius 3 is 2.62 bits per heavy atom. The summed E-state index contributed by atoms with van der Waals surface area (Å²) in [7, 11) is 0. The summed E-state index contributed by atoms with van der Waals surface area (Å²) in [5.74, 6) is -1.12. The molecule has 1 aromatic carbocycles. The Morgan fingerprint density at radius 1 is 1.43 bits per heavy atom. The third kappa shape index (κ3) is 3.68. The van der Waals surface area contributed by atoms with E-state index in [2.05, 4.69) is 10.6 Å². The number of carboxylic acids is 1. The molecule has 1 saturated carbocycles. The second kappa shape index (κ2) is 5.78. The van der Waals surface area contributed by atoms with Gasteiger partial charge in [-0.2, -0.15) is 0 Å². The molecule has 8 heteroatoms. The average molecular weight is 293 g/mol. The number of hydrogen-bond donors (Lipinski definition) is 3. The summed E-state index contributed by atoms with van der Waals surface area (Å²) in [4.78, 5) is 33.1. The SMILES string of the molecule is Cc1ccc(NC(=O)NC(C(=O)O)C2CC2)cc1[N+](=O)[O-]. The topological polar surface area (TPSA) is 122 Å². The van der Waals surface area contributed by atoms with Crippen molar-refractivity contribution in [3.63, 3.8) is 0 Å². The van der Waals surface area contributed by atoms with Crippen molar-refractivity contribution < 1.29 is 19.6 Å². The smallest absolute Gasteiger partial charge is 0.326 e. The van der Waals surface area contributed by atoms with E-state index in [4.69, 9.17) is 5.11 Å². The van der Waals surface area contributed by atoms with Gasteiger partial charge in [0.15, 0.2) is 0 Å². The minimum Gasteiger partial charge on any atom is -0.480 e. The fourth-order valence-corrected chi connectivity index (χ4v) is 2.00. The Labute approximate surface area is 120 Å². The highest BCUT2D eigenvalue weighted by atomic mass is 16.6. The van der Waals surface area contributed by atoms with Gasteiger partial charge >= 0.3 is 12.0 Å². The van der Waals surface area contributed by atoms with E-state index in [1.165, 1.54) is 18.2 Å². The first-order valence-corrected chi connectivity index (χ1v) is 6.44. The number of carbonyl (C=O) groups is 2. The Bertz CT molecular complexity index is 597. The number of nitro benzene ring substituents is 1. The van der Waals surface area contributed by atoms with Crippen LogP contribution >= 0.6 is 0 Å². The number of urea groups is 1. The molecule has 2 rings (SSSR count). The van der Waals surface area contributed by atoms with Crippen molar-refractivity contribution in [2.75, 3.05) is 5.32 Å². The van der Waals surface area contributed by atoms with Crippen LogP contribution in [0.1, 0.15) is 18.4 Å². The Morgan fingerprint density at radius 2 is 2.10 bits per heavy atom. The average Bonchev–Trinajstić information content (AvgIpc) is 3.22. The van der Waals surface area contributed by atoms with E-state index in [0.717, 1.165) is 12.8 Å². The third-order valence-corrected chi connectivity index (χ3v) is 3.31. The zero-order valence-electron chi connectivity index (χ0n) is 11.3. The first-order chi connectivity index (χ1) is 9.88. The number of carboxylic acid groups (broad SMARTS) is 1.